The summed E-state index contributed by atoms with van der Waals surface area (Å²) >= 11 is 0. The van der Waals surface area contributed by atoms with E-state index in [1.165, 1.54) is 7.05 Å². The molecule has 3 amide bonds. The lowest BCUT2D eigenvalue weighted by atomic mass is 10.2. The van der Waals surface area contributed by atoms with Crippen molar-refractivity contribution in [3.05, 3.63) is 0 Å². The van der Waals surface area contributed by atoms with Crippen molar-refractivity contribution in [2.24, 2.45) is 0 Å². The number of ether oxygens (including phenoxy) is 1. The van der Waals surface area contributed by atoms with E-state index in [2.05, 4.69) is 16.0 Å². The number of rotatable bonds is 3. The molecule has 0 bridgehead atoms. The van der Waals surface area contributed by atoms with Gasteiger partial charge in [0, 0.05) is 20.1 Å². The number of carbonyl (C=O) groups excluding carboxylic acids is 2. The molecule has 0 spiro atoms. The van der Waals surface area contributed by atoms with Crippen LogP contribution in [0.2, 0.25) is 0 Å². The third-order valence-electron chi connectivity index (χ3n) is 1.31. The van der Waals surface area contributed by atoms with E-state index in [0.717, 1.165) is 0 Å². The van der Waals surface area contributed by atoms with Crippen molar-refractivity contribution in [3.63, 3.8) is 0 Å². The van der Waals surface area contributed by atoms with Gasteiger partial charge in [0.25, 0.3) is 0 Å². The standard InChI is InChI=1S/C9H19N3O3/c1-9(2,3)15-8(14)12-6-5-11-7(13)10-4/h5-6H2,1-4H3,(H,12,14)(H2,10,11,13). The average molecular weight is 217 g/mol. The predicted molar refractivity (Wildman–Crippen MR) is 56.7 cm³/mol. The number of hydrogen-bond donors (Lipinski definition) is 3. The molecule has 0 saturated heterocycles. The fraction of sp³-hybridized carbons (Fsp3) is 0.778. The van der Waals surface area contributed by atoms with Gasteiger partial charge in [-0.25, -0.2) is 9.59 Å². The molecule has 6 nitrogen and oxygen atoms in total. The summed E-state index contributed by atoms with van der Waals surface area (Å²) in [6, 6.07) is -0.277. The minimum absolute atomic E-state index is 0.277. The SMILES string of the molecule is CNC(=O)NCCNC(=O)OC(C)(C)C. The van der Waals surface area contributed by atoms with E-state index < -0.39 is 11.7 Å². The smallest absolute Gasteiger partial charge is 0.407 e. The molecule has 3 N–H and O–H groups in total. The Morgan fingerprint density at radius 2 is 1.67 bits per heavy atom. The van der Waals surface area contributed by atoms with Gasteiger partial charge in [0.15, 0.2) is 0 Å². The number of amides is 3. The van der Waals surface area contributed by atoms with E-state index in [1.54, 1.807) is 20.8 Å². The molecule has 0 radical (unpaired) electrons. The van der Waals surface area contributed by atoms with E-state index in [9.17, 15) is 9.59 Å². The number of hydrogen-bond acceptors (Lipinski definition) is 3. The Labute approximate surface area is 89.7 Å². The first-order chi connectivity index (χ1) is 6.85. The van der Waals surface area contributed by atoms with Crippen molar-refractivity contribution in [2.45, 2.75) is 26.4 Å². The van der Waals surface area contributed by atoms with Crippen molar-refractivity contribution in [1.29, 1.82) is 0 Å². The van der Waals surface area contributed by atoms with Gasteiger partial charge in [-0.05, 0) is 20.8 Å². The van der Waals surface area contributed by atoms with Gasteiger partial charge in [-0.15, -0.1) is 0 Å². The predicted octanol–water partition coefficient (Wildman–Crippen LogP) is 0.440. The summed E-state index contributed by atoms with van der Waals surface area (Å²) in [5.74, 6) is 0. The molecule has 6 heteroatoms. The second-order valence-corrected chi connectivity index (χ2v) is 3.93. The number of urea groups is 1. The molecule has 0 aliphatic rings. The van der Waals surface area contributed by atoms with Crippen LogP contribution in [0.4, 0.5) is 9.59 Å². The summed E-state index contributed by atoms with van der Waals surface area (Å²) in [5, 5.41) is 7.44. The molecule has 0 atom stereocenters. The normalized spacial score (nSPS) is 10.4. The second-order valence-electron chi connectivity index (χ2n) is 3.93. The lowest BCUT2D eigenvalue weighted by Gasteiger charge is -2.19. The third-order valence-corrected chi connectivity index (χ3v) is 1.31. The quantitative estimate of drug-likeness (QED) is 0.600. The average Bonchev–Trinajstić information content (AvgIpc) is 2.09. The highest BCUT2D eigenvalue weighted by Crippen LogP contribution is 2.05. The Balaban J connectivity index is 3.52. The summed E-state index contributed by atoms with van der Waals surface area (Å²) in [7, 11) is 1.52. The molecule has 88 valence electrons. The monoisotopic (exact) mass is 217 g/mol. The van der Waals surface area contributed by atoms with Gasteiger partial charge in [-0.1, -0.05) is 0 Å². The zero-order valence-corrected chi connectivity index (χ0v) is 9.64. The first-order valence-electron chi connectivity index (χ1n) is 4.77. The van der Waals surface area contributed by atoms with Crippen LogP contribution in [0.1, 0.15) is 20.8 Å². The largest absolute Gasteiger partial charge is 0.444 e. The highest BCUT2D eigenvalue weighted by atomic mass is 16.6. The van der Waals surface area contributed by atoms with E-state index in [0.29, 0.717) is 13.1 Å². The van der Waals surface area contributed by atoms with E-state index in [-0.39, 0.29) is 6.03 Å². The fourth-order valence-electron chi connectivity index (χ4n) is 0.743. The van der Waals surface area contributed by atoms with Crippen LogP contribution < -0.4 is 16.0 Å². The van der Waals surface area contributed by atoms with Crippen LogP contribution in [0.3, 0.4) is 0 Å². The maximum absolute atomic E-state index is 11.1. The minimum Gasteiger partial charge on any atom is -0.444 e. The summed E-state index contributed by atoms with van der Waals surface area (Å²) in [6.07, 6.45) is -0.485. The van der Waals surface area contributed by atoms with Crippen LogP contribution in [-0.2, 0) is 4.74 Å². The van der Waals surface area contributed by atoms with Crippen molar-refractivity contribution in [1.82, 2.24) is 16.0 Å². The Kier molecular flexibility index (Phi) is 5.51. The van der Waals surface area contributed by atoms with Crippen molar-refractivity contribution in [2.75, 3.05) is 20.1 Å². The number of carbonyl (C=O) groups is 2. The molecule has 0 aromatic heterocycles. The maximum atomic E-state index is 11.1. The molecule has 0 heterocycles. The van der Waals surface area contributed by atoms with Gasteiger partial charge >= 0.3 is 12.1 Å². The molecule has 0 rings (SSSR count). The van der Waals surface area contributed by atoms with Crippen LogP contribution in [0.5, 0.6) is 0 Å². The zero-order chi connectivity index (χ0) is 11.9. The Morgan fingerprint density at radius 3 is 2.13 bits per heavy atom. The van der Waals surface area contributed by atoms with Crippen molar-refractivity contribution in [3.8, 4) is 0 Å². The Morgan fingerprint density at radius 1 is 1.13 bits per heavy atom. The molecule has 15 heavy (non-hydrogen) atoms. The van der Waals surface area contributed by atoms with Crippen LogP contribution in [0.15, 0.2) is 0 Å². The molecule has 0 aromatic rings. The van der Waals surface area contributed by atoms with E-state index >= 15 is 0 Å². The van der Waals surface area contributed by atoms with E-state index in [4.69, 9.17) is 4.74 Å². The zero-order valence-electron chi connectivity index (χ0n) is 9.64. The molecule has 0 fully saturated rings. The van der Waals surface area contributed by atoms with Crippen LogP contribution >= 0.6 is 0 Å². The van der Waals surface area contributed by atoms with E-state index in [1.807, 2.05) is 0 Å². The van der Waals surface area contributed by atoms with Gasteiger partial charge in [-0.3, -0.25) is 0 Å². The molecule has 0 aliphatic heterocycles. The number of alkyl carbamates (subject to hydrolysis) is 1. The summed E-state index contributed by atoms with van der Waals surface area (Å²) in [6.45, 7) is 6.06. The van der Waals surface area contributed by atoms with Gasteiger partial charge < -0.3 is 20.7 Å². The molecular weight excluding hydrogens is 198 g/mol. The minimum atomic E-state index is -0.502. The third kappa shape index (κ3) is 8.86. The highest BCUT2D eigenvalue weighted by molar-refractivity contribution is 5.73. The first-order valence-corrected chi connectivity index (χ1v) is 4.77. The van der Waals surface area contributed by atoms with Crippen molar-refractivity contribution < 1.29 is 14.3 Å². The number of nitrogens with one attached hydrogen (secondary N) is 3. The molecule has 0 aromatic carbocycles. The first kappa shape index (κ1) is 13.5. The Bertz CT molecular complexity index is 223. The van der Waals surface area contributed by atoms with Gasteiger partial charge in [0.05, 0.1) is 0 Å². The lowest BCUT2D eigenvalue weighted by Crippen LogP contribution is -2.40. The lowest BCUT2D eigenvalue weighted by molar-refractivity contribution is 0.0528. The molecule has 0 saturated carbocycles. The fourth-order valence-corrected chi connectivity index (χ4v) is 0.743. The second kappa shape index (κ2) is 6.10. The van der Waals surface area contributed by atoms with Crippen LogP contribution in [0.25, 0.3) is 0 Å². The summed E-state index contributed by atoms with van der Waals surface area (Å²) < 4.78 is 4.99. The van der Waals surface area contributed by atoms with Gasteiger partial charge in [0.2, 0.25) is 0 Å². The molecule has 0 unspecified atom stereocenters. The summed E-state index contributed by atoms with van der Waals surface area (Å²) in [5.41, 5.74) is -0.502. The highest BCUT2D eigenvalue weighted by Gasteiger charge is 2.15. The summed E-state index contributed by atoms with van der Waals surface area (Å²) in [4.78, 5) is 21.8. The Hall–Kier alpha value is -1.46. The van der Waals surface area contributed by atoms with Gasteiger partial charge in [-0.2, -0.15) is 0 Å². The topological polar surface area (TPSA) is 79.5 Å². The van der Waals surface area contributed by atoms with Crippen LogP contribution in [-0.4, -0.2) is 37.9 Å². The van der Waals surface area contributed by atoms with Crippen molar-refractivity contribution >= 4 is 12.1 Å². The maximum Gasteiger partial charge on any atom is 0.407 e. The van der Waals surface area contributed by atoms with Crippen LogP contribution in [0, 0.1) is 0 Å². The molecular formula is C9H19N3O3. The van der Waals surface area contributed by atoms with Gasteiger partial charge in [0.1, 0.15) is 5.60 Å². The molecule has 0 aliphatic carbocycles.